The summed E-state index contributed by atoms with van der Waals surface area (Å²) < 4.78 is 0. The molecule has 0 unspecified atom stereocenters. The van der Waals surface area contributed by atoms with Gasteiger partial charge in [-0.2, -0.15) is 0 Å². The van der Waals surface area contributed by atoms with Gasteiger partial charge in [0.1, 0.15) is 48.3 Å². The molecule has 496 valence electrons. The van der Waals surface area contributed by atoms with Gasteiger partial charge >= 0.3 is 0 Å². The van der Waals surface area contributed by atoms with Crippen LogP contribution in [0.1, 0.15) is 88.5 Å². The Morgan fingerprint density at radius 1 is 0.500 bits per heavy atom. The summed E-state index contributed by atoms with van der Waals surface area (Å²) in [6.45, 7) is 2.96. The summed E-state index contributed by atoms with van der Waals surface area (Å²) in [5.74, 6) is -10.8. The third-order valence-corrected chi connectivity index (χ3v) is 14.7. The minimum atomic E-state index is -1.70. The van der Waals surface area contributed by atoms with Gasteiger partial charge in [-0.05, 0) is 66.7 Å². The summed E-state index contributed by atoms with van der Waals surface area (Å²) in [4.78, 5) is 169. The fraction of sp³-hybridized carbons (Fsp3) is 0.422. The third-order valence-electron chi connectivity index (χ3n) is 14.7. The molecule has 5 rings (SSSR count). The van der Waals surface area contributed by atoms with Crippen molar-refractivity contribution in [3.05, 3.63) is 144 Å². The first-order valence-corrected chi connectivity index (χ1v) is 29.9. The highest BCUT2D eigenvalue weighted by Gasteiger charge is 2.41. The molecular formula is C64H88N16O12. The fourth-order valence-electron chi connectivity index (χ4n) is 10.1. The topological polar surface area (TPSA) is 473 Å². The Balaban J connectivity index is 0.0000180. The van der Waals surface area contributed by atoms with Crippen molar-refractivity contribution >= 4 is 76.8 Å². The molecule has 28 heteroatoms. The van der Waals surface area contributed by atoms with Crippen LogP contribution in [0.5, 0.6) is 0 Å². The number of guanidine groups is 1. The first kappa shape index (κ1) is 74.2. The van der Waals surface area contributed by atoms with Gasteiger partial charge in [-0.1, -0.05) is 143 Å². The first-order valence-electron chi connectivity index (χ1n) is 29.9. The molecule has 1 fully saturated rings. The Hall–Kier alpha value is -10.3. The lowest BCUT2D eigenvalue weighted by Crippen LogP contribution is -2.60. The molecule has 1 aliphatic heterocycles. The van der Waals surface area contributed by atoms with Crippen LogP contribution in [0.2, 0.25) is 0 Å². The molecule has 0 spiro atoms. The van der Waals surface area contributed by atoms with Crippen molar-refractivity contribution in [1.29, 1.82) is 0 Å². The summed E-state index contributed by atoms with van der Waals surface area (Å²) in [6, 6.07) is 22.3. The number of nitrogens with two attached hydrogens (primary N) is 6. The average Bonchev–Trinajstić information content (AvgIpc) is 1.64. The quantitative estimate of drug-likeness (QED) is 0.0130. The lowest BCUT2D eigenvalue weighted by molar-refractivity contribution is -0.143. The number of amides is 12. The number of nitrogens with one attached hydrogen (secondary N) is 8. The highest BCUT2D eigenvalue weighted by Crippen LogP contribution is 2.21. The van der Waals surface area contributed by atoms with Crippen LogP contribution in [0.4, 0.5) is 0 Å². The normalized spacial score (nSPS) is 15.1. The molecule has 4 aromatic carbocycles. The van der Waals surface area contributed by atoms with Crippen molar-refractivity contribution < 1.29 is 57.5 Å². The number of carbonyl (C=O) groups excluding carboxylic acids is 12. The molecule has 0 aliphatic carbocycles. The highest BCUT2D eigenvalue weighted by atomic mass is 16.2. The molecule has 28 nitrogen and oxygen atoms in total. The summed E-state index contributed by atoms with van der Waals surface area (Å²) in [5.41, 5.74) is 36.5. The molecule has 1 heterocycles. The number of primary amides is 3. The zero-order valence-corrected chi connectivity index (χ0v) is 51.0. The van der Waals surface area contributed by atoms with Gasteiger partial charge in [0.15, 0.2) is 5.96 Å². The van der Waals surface area contributed by atoms with Gasteiger partial charge in [0.25, 0.3) is 0 Å². The van der Waals surface area contributed by atoms with Gasteiger partial charge < -0.3 is 81.8 Å². The van der Waals surface area contributed by atoms with Crippen LogP contribution in [0.25, 0.3) is 0 Å². The zero-order chi connectivity index (χ0) is 66.6. The van der Waals surface area contributed by atoms with E-state index in [4.69, 9.17) is 34.4 Å². The number of rotatable bonds is 36. The fourth-order valence-corrected chi connectivity index (χ4v) is 10.1. The molecule has 20 N–H and O–H groups in total. The van der Waals surface area contributed by atoms with E-state index < -0.39 is 145 Å². The standard InChI is InChI=1S/C63H84N16O12.CH4/c1-37(2)29-45(58(87)73-43(25-15-27-70-63(68)69)57(86)74-44(54(67)83)31-39-19-9-4-10-20-39)72-53(82)36-71-56(85)46(32-40-21-11-5-12-22-40)77-61(90)50-26-16-28-79(50)62(91)49(35-52(66)81)78-59(88)47(33-41-23-13-6-14-24-41)76-60(89)48(34-51(65)80)75-55(84)42(64)30-38-17-7-3-8-18-38;/h3-14,17-24,37,42-50H,15-16,25-36,64H2,1-2H3,(H2,65,80)(H2,66,81)(H2,67,83)(H,71,85)(H,72,82)(H,73,87)(H,74,86)(H,75,84)(H,76,89)(H,77,90)(H,78,88)(H4,68,69,70);1H4/t42-,43-,44-,45-,46-,47-,48-,49-,50-;/m0./s1. The number of hydrogen-bond donors (Lipinski definition) is 14. The lowest BCUT2D eigenvalue weighted by Gasteiger charge is -2.30. The summed E-state index contributed by atoms with van der Waals surface area (Å²) in [7, 11) is 0. The Labute approximate surface area is 534 Å². The van der Waals surface area contributed by atoms with Crippen LogP contribution in [0.15, 0.2) is 126 Å². The van der Waals surface area contributed by atoms with Crippen LogP contribution in [-0.2, 0) is 83.2 Å². The molecule has 0 bridgehead atoms. The summed E-state index contributed by atoms with van der Waals surface area (Å²) in [5, 5.41) is 20.7. The predicted molar refractivity (Wildman–Crippen MR) is 343 cm³/mol. The van der Waals surface area contributed by atoms with E-state index in [0.717, 1.165) is 10.5 Å². The van der Waals surface area contributed by atoms with Crippen LogP contribution >= 0.6 is 0 Å². The van der Waals surface area contributed by atoms with Crippen molar-refractivity contribution in [2.75, 3.05) is 19.6 Å². The first-order chi connectivity index (χ1) is 43.4. The van der Waals surface area contributed by atoms with E-state index in [2.05, 4.69) is 47.5 Å². The smallest absolute Gasteiger partial charge is 0.246 e. The maximum absolute atomic E-state index is 14.6. The van der Waals surface area contributed by atoms with Crippen molar-refractivity contribution in [3.63, 3.8) is 0 Å². The summed E-state index contributed by atoms with van der Waals surface area (Å²) in [6.07, 6.45) is -0.962. The molecule has 92 heavy (non-hydrogen) atoms. The maximum atomic E-state index is 14.6. The van der Waals surface area contributed by atoms with Crippen molar-refractivity contribution in [2.45, 2.75) is 146 Å². The third kappa shape index (κ3) is 25.3. The molecule has 0 aromatic heterocycles. The molecule has 1 saturated heterocycles. The van der Waals surface area contributed by atoms with Gasteiger partial charge in [0.05, 0.1) is 25.4 Å². The number of nitrogens with zero attached hydrogens (tertiary/aromatic N) is 2. The largest absolute Gasteiger partial charge is 0.370 e. The highest BCUT2D eigenvalue weighted by molar-refractivity contribution is 6.00. The number of carbonyl (C=O) groups is 12. The molecule has 4 aromatic rings. The van der Waals surface area contributed by atoms with E-state index in [1.165, 1.54) is 0 Å². The van der Waals surface area contributed by atoms with Crippen molar-refractivity contribution in [2.24, 2.45) is 45.3 Å². The van der Waals surface area contributed by atoms with Crippen LogP contribution < -0.4 is 76.9 Å². The minimum absolute atomic E-state index is 0. The number of likely N-dealkylation sites (tertiary alicyclic amines) is 1. The molecular weight excluding hydrogens is 1180 g/mol. The Morgan fingerprint density at radius 3 is 1.42 bits per heavy atom. The van der Waals surface area contributed by atoms with Crippen LogP contribution in [0.3, 0.4) is 0 Å². The Kier molecular flexibility index (Phi) is 30.4. The average molecular weight is 1270 g/mol. The van der Waals surface area contributed by atoms with Gasteiger partial charge in [-0.25, -0.2) is 0 Å². The van der Waals surface area contributed by atoms with Crippen LogP contribution in [0, 0.1) is 5.92 Å². The van der Waals surface area contributed by atoms with Gasteiger partial charge in [0.2, 0.25) is 70.9 Å². The number of benzene rings is 4. The molecule has 0 saturated carbocycles. The van der Waals surface area contributed by atoms with Crippen molar-refractivity contribution in [1.82, 2.24) is 47.4 Å². The van der Waals surface area contributed by atoms with Crippen LogP contribution in [-0.4, -0.2) is 156 Å². The maximum Gasteiger partial charge on any atom is 0.246 e. The van der Waals surface area contributed by atoms with Gasteiger partial charge in [0, 0.05) is 32.4 Å². The van der Waals surface area contributed by atoms with E-state index in [0.29, 0.717) is 16.7 Å². The van der Waals surface area contributed by atoms with E-state index >= 15 is 0 Å². The number of aliphatic imine (C=N–C) groups is 1. The second kappa shape index (κ2) is 37.7. The molecule has 12 amide bonds. The van der Waals surface area contributed by atoms with Gasteiger partial charge in [-0.15, -0.1) is 0 Å². The SMILES string of the molecule is C.CC(C)C[C@H](NC(=O)CNC(=O)[C@H](Cc1ccccc1)NC(=O)[C@@H]1CCCN1C(=O)[C@H](CC(N)=O)NC(=O)[C@H](Cc1ccccc1)NC(=O)[C@H](CC(N)=O)NC(=O)[C@@H](N)Cc1ccccc1)C(=O)N[C@@H](CCCN=C(N)N)C(=O)N[C@@H](Cc1ccccc1)C(N)=O. The minimum Gasteiger partial charge on any atom is -0.370 e. The van der Waals surface area contributed by atoms with E-state index in [1.54, 1.807) is 135 Å². The van der Waals surface area contributed by atoms with Gasteiger partial charge in [-0.3, -0.25) is 62.5 Å². The zero-order valence-electron chi connectivity index (χ0n) is 51.0. The second-order valence-corrected chi connectivity index (χ2v) is 22.6. The second-order valence-electron chi connectivity index (χ2n) is 22.6. The monoisotopic (exact) mass is 1270 g/mol. The summed E-state index contributed by atoms with van der Waals surface area (Å²) >= 11 is 0. The number of hydrogen-bond acceptors (Lipinski definition) is 14. The molecule has 1 aliphatic rings. The lowest BCUT2D eigenvalue weighted by atomic mass is 10.0. The Bertz CT molecular complexity index is 3170. The van der Waals surface area contributed by atoms with Crippen molar-refractivity contribution in [3.8, 4) is 0 Å². The van der Waals surface area contributed by atoms with E-state index in [1.807, 2.05) is 0 Å². The molecule has 9 atom stereocenters. The van der Waals surface area contributed by atoms with E-state index in [9.17, 15) is 57.5 Å². The predicted octanol–water partition coefficient (Wildman–Crippen LogP) is -2.24. The van der Waals surface area contributed by atoms with E-state index in [-0.39, 0.29) is 90.2 Å². The molecule has 0 radical (unpaired) electrons. The Morgan fingerprint density at radius 2 is 0.924 bits per heavy atom.